The molecule has 4 heterocycles. The zero-order chi connectivity index (χ0) is 26.9. The third kappa shape index (κ3) is 6.63. The number of anilines is 2. The van der Waals surface area contributed by atoms with E-state index in [1.54, 1.807) is 30.1 Å². The number of hydrogen-bond acceptors (Lipinski definition) is 9. The van der Waals surface area contributed by atoms with Crippen LogP contribution in [-0.4, -0.2) is 57.9 Å². The summed E-state index contributed by atoms with van der Waals surface area (Å²) in [6.07, 6.45) is 5.16. The van der Waals surface area contributed by atoms with E-state index in [9.17, 15) is 4.79 Å². The fourth-order valence-corrected chi connectivity index (χ4v) is 4.00. The van der Waals surface area contributed by atoms with Crippen molar-refractivity contribution in [3.8, 4) is 17.0 Å². The number of aromatic nitrogens is 5. The van der Waals surface area contributed by atoms with Gasteiger partial charge < -0.3 is 20.1 Å². The van der Waals surface area contributed by atoms with Gasteiger partial charge in [-0.1, -0.05) is 13.0 Å². The first-order valence-corrected chi connectivity index (χ1v) is 12.9. The first kappa shape index (κ1) is 27.0. The largest absolute Gasteiger partial charge is 0.481 e. The number of pyridine rings is 3. The number of fused-ring (bicyclic) bond motifs is 1. The Morgan fingerprint density at radius 3 is 2.45 bits per heavy atom. The third-order valence-electron chi connectivity index (χ3n) is 6.06. The molecule has 0 amide bonds. The Morgan fingerprint density at radius 2 is 1.71 bits per heavy atom. The predicted octanol–water partition coefficient (Wildman–Crippen LogP) is 4.21. The lowest BCUT2D eigenvalue weighted by molar-refractivity contribution is 0.127. The fraction of sp³-hybridized carbons (Fsp3) is 0.393. The Labute approximate surface area is 222 Å². The number of nitrogens with zero attached hydrogens (tertiary/aromatic N) is 5. The maximum Gasteiger partial charge on any atom is 0.293 e. The number of methoxy groups -OCH3 is 1. The molecule has 4 aromatic rings. The summed E-state index contributed by atoms with van der Waals surface area (Å²) < 4.78 is 12.5. The lowest BCUT2D eigenvalue weighted by Crippen LogP contribution is -2.28. The van der Waals surface area contributed by atoms with Gasteiger partial charge >= 0.3 is 0 Å². The highest BCUT2D eigenvalue weighted by molar-refractivity contribution is 5.78. The summed E-state index contributed by atoms with van der Waals surface area (Å²) in [5.41, 5.74) is 4.72. The van der Waals surface area contributed by atoms with Gasteiger partial charge in [0, 0.05) is 61.5 Å². The van der Waals surface area contributed by atoms with E-state index in [2.05, 4.69) is 43.6 Å². The van der Waals surface area contributed by atoms with Crippen molar-refractivity contribution in [1.82, 2.24) is 24.5 Å². The highest BCUT2D eigenvalue weighted by atomic mass is 16.5. The first-order chi connectivity index (χ1) is 18.5. The summed E-state index contributed by atoms with van der Waals surface area (Å²) in [5, 5.41) is 6.58. The van der Waals surface area contributed by atoms with Crippen molar-refractivity contribution < 1.29 is 9.47 Å². The minimum atomic E-state index is -0.200. The van der Waals surface area contributed by atoms with Crippen LogP contribution < -0.4 is 20.9 Å². The molecule has 4 rings (SSSR count). The van der Waals surface area contributed by atoms with Crippen molar-refractivity contribution in [2.45, 2.75) is 40.2 Å². The standard InChI is InChI=1S/C28H35N7O3/c1-5-14-38-15-13-35-23-16-22(21-9-10-24(37-4)31-17-21)18-32-26(23)34-27(28(35)36)30-12-6-11-29-25-19(2)7-8-20(3)33-25/h7-10,16-18H,5-6,11-15H2,1-4H3,(H,29,33)(H,30,32,34). The topological polar surface area (TPSA) is 116 Å². The zero-order valence-corrected chi connectivity index (χ0v) is 22.5. The summed E-state index contributed by atoms with van der Waals surface area (Å²) in [5.74, 6) is 1.70. The maximum absolute atomic E-state index is 13.4. The molecule has 4 aromatic heterocycles. The average Bonchev–Trinajstić information content (AvgIpc) is 2.94. The molecular formula is C28H35N7O3. The van der Waals surface area contributed by atoms with Crippen LogP contribution in [0.1, 0.15) is 31.0 Å². The SMILES string of the molecule is CCCOCCn1c(=O)c(NCCCNc2nc(C)ccc2C)nc2ncc(-c3ccc(OC)nc3)cc21. The van der Waals surface area contributed by atoms with Crippen molar-refractivity contribution in [2.75, 3.05) is 44.0 Å². The van der Waals surface area contributed by atoms with E-state index >= 15 is 0 Å². The van der Waals surface area contributed by atoms with Gasteiger partial charge in [0.25, 0.3) is 5.56 Å². The van der Waals surface area contributed by atoms with E-state index in [4.69, 9.17) is 9.47 Å². The molecule has 0 fully saturated rings. The molecule has 0 bridgehead atoms. The van der Waals surface area contributed by atoms with Crippen LogP contribution in [-0.2, 0) is 11.3 Å². The molecule has 0 radical (unpaired) electrons. The highest BCUT2D eigenvalue weighted by Gasteiger charge is 2.14. The molecule has 10 nitrogen and oxygen atoms in total. The molecule has 200 valence electrons. The number of aryl methyl sites for hydroxylation is 2. The van der Waals surface area contributed by atoms with Crippen molar-refractivity contribution in [3.63, 3.8) is 0 Å². The molecule has 0 saturated heterocycles. The fourth-order valence-electron chi connectivity index (χ4n) is 4.00. The molecule has 0 aromatic carbocycles. The number of nitrogens with one attached hydrogen (secondary N) is 2. The second kappa shape index (κ2) is 13.0. The number of rotatable bonds is 13. The molecule has 38 heavy (non-hydrogen) atoms. The zero-order valence-electron chi connectivity index (χ0n) is 22.5. The lowest BCUT2D eigenvalue weighted by atomic mass is 10.1. The molecular weight excluding hydrogens is 482 g/mol. The van der Waals surface area contributed by atoms with Gasteiger partial charge in [0.1, 0.15) is 5.82 Å². The van der Waals surface area contributed by atoms with E-state index in [0.717, 1.165) is 41.0 Å². The summed E-state index contributed by atoms with van der Waals surface area (Å²) in [4.78, 5) is 31.4. The molecule has 10 heteroatoms. The number of ether oxygens (including phenoxy) is 2. The van der Waals surface area contributed by atoms with Crippen molar-refractivity contribution in [2.24, 2.45) is 0 Å². The second-order valence-corrected chi connectivity index (χ2v) is 9.01. The van der Waals surface area contributed by atoms with Gasteiger partial charge in [-0.25, -0.2) is 19.9 Å². The van der Waals surface area contributed by atoms with Crippen LogP contribution in [0.25, 0.3) is 22.3 Å². The third-order valence-corrected chi connectivity index (χ3v) is 6.06. The minimum Gasteiger partial charge on any atom is -0.481 e. The van der Waals surface area contributed by atoms with Gasteiger partial charge in [-0.3, -0.25) is 9.36 Å². The summed E-state index contributed by atoms with van der Waals surface area (Å²) in [6.45, 7) is 8.82. The number of hydrogen-bond donors (Lipinski definition) is 2. The van der Waals surface area contributed by atoms with Crippen LogP contribution >= 0.6 is 0 Å². The van der Waals surface area contributed by atoms with Gasteiger partial charge in [-0.05, 0) is 50.5 Å². The Kier molecular flexibility index (Phi) is 9.21. The van der Waals surface area contributed by atoms with E-state index in [1.807, 2.05) is 32.0 Å². The van der Waals surface area contributed by atoms with Gasteiger partial charge in [-0.15, -0.1) is 0 Å². The van der Waals surface area contributed by atoms with Gasteiger partial charge in [0.2, 0.25) is 5.88 Å². The van der Waals surface area contributed by atoms with Gasteiger partial charge in [-0.2, -0.15) is 0 Å². The Hall–Kier alpha value is -4.05. The van der Waals surface area contributed by atoms with Gasteiger partial charge in [0.05, 0.1) is 19.2 Å². The summed E-state index contributed by atoms with van der Waals surface area (Å²) in [6, 6.07) is 9.67. The van der Waals surface area contributed by atoms with E-state index in [-0.39, 0.29) is 11.4 Å². The molecule has 2 N–H and O–H groups in total. The smallest absolute Gasteiger partial charge is 0.293 e. The van der Waals surface area contributed by atoms with Crippen molar-refractivity contribution >= 4 is 22.8 Å². The van der Waals surface area contributed by atoms with E-state index in [1.165, 1.54) is 0 Å². The van der Waals surface area contributed by atoms with Crippen LogP contribution in [0, 0.1) is 13.8 Å². The quantitative estimate of drug-likeness (QED) is 0.252. The summed E-state index contributed by atoms with van der Waals surface area (Å²) in [7, 11) is 1.58. The molecule has 0 aliphatic carbocycles. The van der Waals surface area contributed by atoms with Crippen LogP contribution in [0.2, 0.25) is 0 Å². The summed E-state index contributed by atoms with van der Waals surface area (Å²) >= 11 is 0. The highest BCUT2D eigenvalue weighted by Crippen LogP contribution is 2.23. The second-order valence-electron chi connectivity index (χ2n) is 9.01. The predicted molar refractivity (Wildman–Crippen MR) is 150 cm³/mol. The maximum atomic E-state index is 13.4. The first-order valence-electron chi connectivity index (χ1n) is 12.9. The Morgan fingerprint density at radius 1 is 0.921 bits per heavy atom. The van der Waals surface area contributed by atoms with Crippen molar-refractivity contribution in [3.05, 3.63) is 64.3 Å². The van der Waals surface area contributed by atoms with E-state index < -0.39 is 0 Å². The Bertz CT molecular complexity index is 1420. The van der Waals surface area contributed by atoms with Crippen LogP contribution in [0.4, 0.5) is 11.6 Å². The minimum absolute atomic E-state index is 0.200. The van der Waals surface area contributed by atoms with Crippen molar-refractivity contribution in [1.29, 1.82) is 0 Å². The molecule has 0 unspecified atom stereocenters. The molecule has 0 atom stereocenters. The average molecular weight is 518 g/mol. The van der Waals surface area contributed by atoms with E-state index in [0.29, 0.717) is 49.9 Å². The molecule has 0 saturated carbocycles. The van der Waals surface area contributed by atoms with Crippen LogP contribution in [0.15, 0.2) is 47.5 Å². The molecule has 0 aliphatic rings. The van der Waals surface area contributed by atoms with Gasteiger partial charge in [0.15, 0.2) is 11.5 Å². The van der Waals surface area contributed by atoms with Crippen LogP contribution in [0.5, 0.6) is 5.88 Å². The molecule has 0 aliphatic heterocycles. The van der Waals surface area contributed by atoms with Crippen LogP contribution in [0.3, 0.4) is 0 Å². The monoisotopic (exact) mass is 517 g/mol. The lowest BCUT2D eigenvalue weighted by Gasteiger charge is -2.14. The molecule has 0 spiro atoms. The normalized spacial score (nSPS) is 11.1. The Balaban J connectivity index is 1.52.